The van der Waals surface area contributed by atoms with Gasteiger partial charge in [0, 0.05) is 18.6 Å². The van der Waals surface area contributed by atoms with Crippen molar-refractivity contribution in [1.29, 1.82) is 0 Å². The second kappa shape index (κ2) is 8.10. The van der Waals surface area contributed by atoms with Crippen molar-refractivity contribution >= 4 is 0 Å². The molecule has 2 nitrogen and oxygen atoms in total. The molecule has 0 heterocycles. The average Bonchev–Trinajstić information content (AvgIpc) is 2.86. The molecule has 1 N–H and O–H groups in total. The number of hydrogen-bond donors (Lipinski definition) is 1. The minimum Gasteiger partial charge on any atom is -0.312 e. The fraction of sp³-hybridized carbons (Fsp3) is 1.00. The standard InChI is InChI=1S/C15H32N2/c1-5-11-16-15(14-9-7-8-10-14)12-17(4)13(3)6-2/h13-16H,5-12H2,1-4H3. The van der Waals surface area contributed by atoms with Crippen LogP contribution in [0, 0.1) is 5.92 Å². The first-order chi connectivity index (χ1) is 8.19. The van der Waals surface area contributed by atoms with Crippen LogP contribution in [0.25, 0.3) is 0 Å². The molecular weight excluding hydrogens is 208 g/mol. The van der Waals surface area contributed by atoms with E-state index in [0.717, 1.165) is 12.0 Å². The Morgan fingerprint density at radius 1 is 1.24 bits per heavy atom. The molecule has 0 aromatic rings. The second-order valence-electron chi connectivity index (χ2n) is 5.80. The maximum absolute atomic E-state index is 3.78. The van der Waals surface area contributed by atoms with E-state index in [9.17, 15) is 0 Å². The van der Waals surface area contributed by atoms with Gasteiger partial charge < -0.3 is 10.2 Å². The Hall–Kier alpha value is -0.0800. The number of hydrogen-bond acceptors (Lipinski definition) is 2. The summed E-state index contributed by atoms with van der Waals surface area (Å²) < 4.78 is 0. The molecule has 0 spiro atoms. The van der Waals surface area contributed by atoms with E-state index in [4.69, 9.17) is 0 Å². The van der Waals surface area contributed by atoms with Crippen LogP contribution in [0.15, 0.2) is 0 Å². The Kier molecular flexibility index (Phi) is 7.14. The van der Waals surface area contributed by atoms with E-state index < -0.39 is 0 Å². The van der Waals surface area contributed by atoms with Gasteiger partial charge in [-0.2, -0.15) is 0 Å². The van der Waals surface area contributed by atoms with Crippen molar-refractivity contribution < 1.29 is 0 Å². The van der Waals surface area contributed by atoms with Crippen molar-refractivity contribution in [3.8, 4) is 0 Å². The minimum atomic E-state index is 0.710. The molecule has 0 radical (unpaired) electrons. The quantitative estimate of drug-likeness (QED) is 0.700. The van der Waals surface area contributed by atoms with Gasteiger partial charge >= 0.3 is 0 Å². The summed E-state index contributed by atoms with van der Waals surface area (Å²) in [6, 6.07) is 1.43. The van der Waals surface area contributed by atoms with E-state index in [1.807, 2.05) is 0 Å². The van der Waals surface area contributed by atoms with Crippen LogP contribution in [-0.2, 0) is 0 Å². The van der Waals surface area contributed by atoms with E-state index in [0.29, 0.717) is 6.04 Å². The number of rotatable bonds is 8. The van der Waals surface area contributed by atoms with Gasteiger partial charge in [-0.05, 0) is 52.1 Å². The molecule has 2 heteroatoms. The van der Waals surface area contributed by atoms with Crippen molar-refractivity contribution in [1.82, 2.24) is 10.2 Å². The summed E-state index contributed by atoms with van der Waals surface area (Å²) in [5.74, 6) is 0.924. The Labute approximate surface area is 108 Å². The molecule has 0 saturated heterocycles. The van der Waals surface area contributed by atoms with Crippen LogP contribution < -0.4 is 5.32 Å². The van der Waals surface area contributed by atoms with E-state index in [2.05, 4.69) is 38.0 Å². The summed E-state index contributed by atoms with van der Waals surface area (Å²) in [5.41, 5.74) is 0. The fourth-order valence-corrected chi connectivity index (χ4v) is 2.87. The zero-order valence-corrected chi connectivity index (χ0v) is 12.3. The van der Waals surface area contributed by atoms with Crippen LogP contribution in [0.5, 0.6) is 0 Å². The molecule has 0 aromatic carbocycles. The van der Waals surface area contributed by atoms with E-state index >= 15 is 0 Å². The van der Waals surface area contributed by atoms with Crippen LogP contribution in [0.2, 0.25) is 0 Å². The third-order valence-electron chi connectivity index (χ3n) is 4.45. The monoisotopic (exact) mass is 240 g/mol. The van der Waals surface area contributed by atoms with Gasteiger partial charge in [-0.1, -0.05) is 26.7 Å². The smallest absolute Gasteiger partial charge is 0.0223 e. The molecule has 0 amide bonds. The topological polar surface area (TPSA) is 15.3 Å². The number of likely N-dealkylation sites (N-methyl/N-ethyl adjacent to an activating group) is 1. The molecule has 2 unspecified atom stereocenters. The highest BCUT2D eigenvalue weighted by Gasteiger charge is 2.26. The van der Waals surface area contributed by atoms with Crippen LogP contribution in [0.4, 0.5) is 0 Å². The molecule has 1 fully saturated rings. The highest BCUT2D eigenvalue weighted by atomic mass is 15.1. The van der Waals surface area contributed by atoms with Gasteiger partial charge in [-0.3, -0.25) is 0 Å². The van der Waals surface area contributed by atoms with Gasteiger partial charge in [-0.15, -0.1) is 0 Å². The number of nitrogens with zero attached hydrogens (tertiary/aromatic N) is 1. The molecule has 1 aliphatic rings. The van der Waals surface area contributed by atoms with E-state index in [1.54, 1.807) is 0 Å². The molecule has 0 aromatic heterocycles. The fourth-order valence-electron chi connectivity index (χ4n) is 2.87. The maximum Gasteiger partial charge on any atom is 0.0223 e. The van der Waals surface area contributed by atoms with Crippen LogP contribution in [0.1, 0.15) is 59.3 Å². The van der Waals surface area contributed by atoms with Crippen LogP contribution in [0.3, 0.4) is 0 Å². The zero-order chi connectivity index (χ0) is 12.7. The third kappa shape index (κ3) is 4.97. The summed E-state index contributed by atoms with van der Waals surface area (Å²) in [4.78, 5) is 2.53. The molecule has 0 bridgehead atoms. The predicted molar refractivity (Wildman–Crippen MR) is 76.4 cm³/mol. The van der Waals surface area contributed by atoms with Crippen LogP contribution >= 0.6 is 0 Å². The summed E-state index contributed by atoms with van der Waals surface area (Å²) >= 11 is 0. The van der Waals surface area contributed by atoms with Crippen molar-refractivity contribution in [2.24, 2.45) is 5.92 Å². The summed E-state index contributed by atoms with van der Waals surface area (Å²) in [5, 5.41) is 3.78. The predicted octanol–water partition coefficient (Wildman–Crippen LogP) is 3.28. The average molecular weight is 240 g/mol. The Bertz CT molecular complexity index is 187. The van der Waals surface area contributed by atoms with Gasteiger partial charge in [-0.25, -0.2) is 0 Å². The molecule has 1 rings (SSSR count). The zero-order valence-electron chi connectivity index (χ0n) is 12.3. The molecule has 0 aliphatic heterocycles. The molecule has 1 aliphatic carbocycles. The van der Waals surface area contributed by atoms with E-state index in [-0.39, 0.29) is 0 Å². The number of nitrogens with one attached hydrogen (secondary N) is 1. The normalized spacial score (nSPS) is 21.0. The largest absolute Gasteiger partial charge is 0.312 e. The lowest BCUT2D eigenvalue weighted by Gasteiger charge is -2.32. The van der Waals surface area contributed by atoms with Gasteiger partial charge in [0.15, 0.2) is 0 Å². The Morgan fingerprint density at radius 2 is 1.88 bits per heavy atom. The van der Waals surface area contributed by atoms with Crippen molar-refractivity contribution in [3.05, 3.63) is 0 Å². The minimum absolute atomic E-state index is 0.710. The van der Waals surface area contributed by atoms with Crippen molar-refractivity contribution in [3.63, 3.8) is 0 Å². The molecular formula is C15H32N2. The van der Waals surface area contributed by atoms with Crippen molar-refractivity contribution in [2.75, 3.05) is 20.1 Å². The first kappa shape index (κ1) is 15.0. The molecule has 2 atom stereocenters. The lowest BCUT2D eigenvalue weighted by Crippen LogP contribution is -2.46. The molecule has 102 valence electrons. The molecule has 1 saturated carbocycles. The lowest BCUT2D eigenvalue weighted by molar-refractivity contribution is 0.195. The summed E-state index contributed by atoms with van der Waals surface area (Å²) in [7, 11) is 2.28. The first-order valence-corrected chi connectivity index (χ1v) is 7.62. The van der Waals surface area contributed by atoms with E-state index in [1.165, 1.54) is 51.6 Å². The third-order valence-corrected chi connectivity index (χ3v) is 4.45. The second-order valence-corrected chi connectivity index (χ2v) is 5.80. The molecule has 17 heavy (non-hydrogen) atoms. The summed E-state index contributed by atoms with van der Waals surface area (Å²) in [6.45, 7) is 9.28. The maximum atomic E-state index is 3.78. The Balaban J connectivity index is 2.44. The van der Waals surface area contributed by atoms with Gasteiger partial charge in [0.05, 0.1) is 0 Å². The Morgan fingerprint density at radius 3 is 2.41 bits per heavy atom. The van der Waals surface area contributed by atoms with Gasteiger partial charge in [0.2, 0.25) is 0 Å². The summed E-state index contributed by atoms with van der Waals surface area (Å²) in [6.07, 6.45) is 8.27. The van der Waals surface area contributed by atoms with Gasteiger partial charge in [0.25, 0.3) is 0 Å². The van der Waals surface area contributed by atoms with Gasteiger partial charge in [0.1, 0.15) is 0 Å². The highest BCUT2D eigenvalue weighted by Crippen LogP contribution is 2.28. The van der Waals surface area contributed by atoms with Crippen molar-refractivity contribution in [2.45, 2.75) is 71.4 Å². The lowest BCUT2D eigenvalue weighted by atomic mass is 9.97. The van der Waals surface area contributed by atoms with Crippen LogP contribution in [-0.4, -0.2) is 37.1 Å². The first-order valence-electron chi connectivity index (χ1n) is 7.62. The SMILES string of the molecule is CCCNC(CN(C)C(C)CC)C1CCCC1. The highest BCUT2D eigenvalue weighted by molar-refractivity contribution is 4.83.